The molecule has 21 heavy (non-hydrogen) atoms. The standard InChI is InChI=1S/C14H15N3O4/c1-14(9-15,11-2-3-11)16-12(18)8-21-13(19)10-4-6-17(20)7-5-10/h4-7,11H,2-3,8H2,1H3,(H,16,18)/t14-/m1/s1. The van der Waals surface area contributed by atoms with Crippen LogP contribution >= 0.6 is 0 Å². The van der Waals surface area contributed by atoms with E-state index < -0.39 is 24.0 Å². The van der Waals surface area contributed by atoms with Gasteiger partial charge >= 0.3 is 5.97 Å². The molecule has 2 rings (SSSR count). The monoisotopic (exact) mass is 289 g/mol. The summed E-state index contributed by atoms with van der Waals surface area (Å²) in [5, 5.41) is 22.6. The lowest BCUT2D eigenvalue weighted by molar-refractivity contribution is -0.605. The maximum absolute atomic E-state index is 11.7. The molecule has 0 saturated heterocycles. The van der Waals surface area contributed by atoms with Crippen molar-refractivity contribution < 1.29 is 19.1 Å². The molecule has 0 unspecified atom stereocenters. The van der Waals surface area contributed by atoms with Crippen molar-refractivity contribution in [3.63, 3.8) is 0 Å². The number of carbonyl (C=O) groups is 2. The minimum absolute atomic E-state index is 0.156. The fraction of sp³-hybridized carbons (Fsp3) is 0.429. The predicted molar refractivity (Wildman–Crippen MR) is 70.6 cm³/mol. The molecular weight excluding hydrogens is 274 g/mol. The maximum Gasteiger partial charge on any atom is 0.339 e. The zero-order chi connectivity index (χ0) is 15.5. The summed E-state index contributed by atoms with van der Waals surface area (Å²) in [6.45, 7) is 1.20. The maximum atomic E-state index is 11.7. The number of nitrogens with one attached hydrogen (secondary N) is 1. The van der Waals surface area contributed by atoms with Crippen LogP contribution in [0, 0.1) is 22.5 Å². The molecule has 1 amide bonds. The van der Waals surface area contributed by atoms with E-state index in [1.807, 2.05) is 0 Å². The molecule has 1 fully saturated rings. The van der Waals surface area contributed by atoms with Crippen LogP contribution in [-0.4, -0.2) is 24.0 Å². The van der Waals surface area contributed by atoms with E-state index in [1.165, 1.54) is 12.1 Å². The Morgan fingerprint density at radius 3 is 2.67 bits per heavy atom. The molecule has 0 bridgehead atoms. The van der Waals surface area contributed by atoms with Gasteiger partial charge in [0.1, 0.15) is 5.54 Å². The average molecular weight is 289 g/mol. The summed E-state index contributed by atoms with van der Waals surface area (Å²) in [6, 6.07) is 4.69. The lowest BCUT2D eigenvalue weighted by Gasteiger charge is -2.22. The molecule has 7 heteroatoms. The van der Waals surface area contributed by atoms with Crippen molar-refractivity contribution in [1.29, 1.82) is 5.26 Å². The van der Waals surface area contributed by atoms with Crippen LogP contribution in [0.3, 0.4) is 0 Å². The van der Waals surface area contributed by atoms with Gasteiger partial charge in [0.2, 0.25) is 0 Å². The van der Waals surface area contributed by atoms with Crippen LogP contribution in [0.4, 0.5) is 0 Å². The molecule has 1 aliphatic carbocycles. The van der Waals surface area contributed by atoms with Crippen molar-refractivity contribution in [2.75, 3.05) is 6.61 Å². The second-order valence-electron chi connectivity index (χ2n) is 5.16. The fourth-order valence-corrected chi connectivity index (χ4v) is 1.97. The van der Waals surface area contributed by atoms with Crippen molar-refractivity contribution in [3.8, 4) is 6.07 Å². The first-order chi connectivity index (χ1) is 9.94. The molecule has 1 aromatic heterocycles. The van der Waals surface area contributed by atoms with Crippen molar-refractivity contribution in [2.45, 2.75) is 25.3 Å². The Bertz CT molecular complexity index is 589. The molecule has 1 saturated carbocycles. The fourth-order valence-electron chi connectivity index (χ4n) is 1.97. The van der Waals surface area contributed by atoms with E-state index in [9.17, 15) is 14.8 Å². The number of hydrogen-bond acceptors (Lipinski definition) is 5. The Kier molecular flexibility index (Phi) is 4.08. The highest BCUT2D eigenvalue weighted by Crippen LogP contribution is 2.39. The Hall–Kier alpha value is -2.62. The normalized spacial score (nSPS) is 16.4. The van der Waals surface area contributed by atoms with E-state index in [1.54, 1.807) is 6.92 Å². The van der Waals surface area contributed by atoms with Gasteiger partial charge in [-0.05, 0) is 25.7 Å². The van der Waals surface area contributed by atoms with E-state index >= 15 is 0 Å². The first-order valence-electron chi connectivity index (χ1n) is 6.53. The Labute approximate surface area is 121 Å². The number of carbonyl (C=O) groups excluding carboxylic acids is 2. The third-order valence-electron chi connectivity index (χ3n) is 3.40. The van der Waals surface area contributed by atoms with Crippen LogP contribution in [0.1, 0.15) is 30.1 Å². The summed E-state index contributed by atoms with van der Waals surface area (Å²) in [5.74, 6) is -1.06. The molecule has 1 heterocycles. The van der Waals surface area contributed by atoms with E-state index in [0.29, 0.717) is 4.73 Å². The van der Waals surface area contributed by atoms with Crippen LogP contribution in [0.5, 0.6) is 0 Å². The second-order valence-corrected chi connectivity index (χ2v) is 5.16. The highest BCUT2D eigenvalue weighted by Gasteiger charge is 2.43. The van der Waals surface area contributed by atoms with Gasteiger partial charge in [-0.25, -0.2) is 4.79 Å². The van der Waals surface area contributed by atoms with Gasteiger partial charge in [-0.3, -0.25) is 4.79 Å². The minimum atomic E-state index is -0.912. The summed E-state index contributed by atoms with van der Waals surface area (Å²) in [7, 11) is 0. The topological polar surface area (TPSA) is 106 Å². The molecule has 0 spiro atoms. The number of esters is 1. The smallest absolute Gasteiger partial charge is 0.339 e. The van der Waals surface area contributed by atoms with Gasteiger partial charge in [0, 0.05) is 12.1 Å². The Morgan fingerprint density at radius 1 is 1.52 bits per heavy atom. The third kappa shape index (κ3) is 3.69. The van der Waals surface area contributed by atoms with Gasteiger partial charge in [0.15, 0.2) is 19.0 Å². The first-order valence-corrected chi connectivity index (χ1v) is 6.53. The molecule has 1 atom stereocenters. The number of pyridine rings is 1. The van der Waals surface area contributed by atoms with E-state index in [0.717, 1.165) is 25.2 Å². The van der Waals surface area contributed by atoms with Gasteiger partial charge in [0.25, 0.3) is 5.91 Å². The number of ether oxygens (including phenoxy) is 1. The SMILES string of the molecule is C[C@](C#N)(NC(=O)COC(=O)c1cc[n+]([O-])cc1)C1CC1. The Balaban J connectivity index is 1.85. The zero-order valence-electron chi connectivity index (χ0n) is 11.5. The molecule has 0 aromatic carbocycles. The van der Waals surface area contributed by atoms with Gasteiger partial charge in [-0.15, -0.1) is 0 Å². The van der Waals surface area contributed by atoms with Gasteiger partial charge < -0.3 is 15.3 Å². The highest BCUT2D eigenvalue weighted by atomic mass is 16.5. The number of nitrogens with zero attached hydrogens (tertiary/aromatic N) is 2. The van der Waals surface area contributed by atoms with E-state index in [4.69, 9.17) is 10.00 Å². The van der Waals surface area contributed by atoms with Crippen molar-refractivity contribution in [1.82, 2.24) is 5.32 Å². The molecule has 7 nitrogen and oxygen atoms in total. The minimum Gasteiger partial charge on any atom is -0.619 e. The molecule has 1 aliphatic rings. The summed E-state index contributed by atoms with van der Waals surface area (Å²) < 4.78 is 5.39. The van der Waals surface area contributed by atoms with Crippen LogP contribution in [0.25, 0.3) is 0 Å². The van der Waals surface area contributed by atoms with Crippen molar-refractivity contribution >= 4 is 11.9 Å². The Morgan fingerprint density at radius 2 is 2.14 bits per heavy atom. The molecule has 1 N–H and O–H groups in total. The first kappa shape index (κ1) is 14.8. The van der Waals surface area contributed by atoms with Crippen molar-refractivity contribution in [2.24, 2.45) is 5.92 Å². The number of rotatable bonds is 5. The average Bonchev–Trinajstić information content (AvgIpc) is 3.30. The zero-order valence-corrected chi connectivity index (χ0v) is 11.5. The summed E-state index contributed by atoms with van der Waals surface area (Å²) in [5.41, 5.74) is -0.732. The second kappa shape index (κ2) is 5.79. The van der Waals surface area contributed by atoms with Crippen LogP contribution in [0.15, 0.2) is 24.5 Å². The van der Waals surface area contributed by atoms with Crippen molar-refractivity contribution in [3.05, 3.63) is 35.3 Å². The number of amides is 1. The molecule has 1 aromatic rings. The number of hydrogen-bond donors (Lipinski definition) is 1. The van der Waals surface area contributed by atoms with Gasteiger partial charge in [-0.1, -0.05) is 0 Å². The summed E-state index contributed by atoms with van der Waals surface area (Å²) >= 11 is 0. The third-order valence-corrected chi connectivity index (χ3v) is 3.40. The number of aromatic nitrogens is 1. The van der Waals surface area contributed by atoms with E-state index in [-0.39, 0.29) is 11.5 Å². The molecule has 0 aliphatic heterocycles. The molecule has 0 radical (unpaired) electrons. The molecule has 110 valence electrons. The highest BCUT2D eigenvalue weighted by molar-refractivity contribution is 5.91. The van der Waals surface area contributed by atoms with Crippen LogP contribution in [-0.2, 0) is 9.53 Å². The van der Waals surface area contributed by atoms with Gasteiger partial charge in [-0.2, -0.15) is 9.99 Å². The lowest BCUT2D eigenvalue weighted by Crippen LogP contribution is -2.48. The summed E-state index contributed by atoms with van der Waals surface area (Å²) in [4.78, 5) is 23.4. The quantitative estimate of drug-likeness (QED) is 0.476. The van der Waals surface area contributed by atoms with Crippen LogP contribution in [0.2, 0.25) is 0 Å². The predicted octanol–water partition coefficient (Wildman–Crippen LogP) is 0.285. The van der Waals surface area contributed by atoms with E-state index in [2.05, 4.69) is 11.4 Å². The number of nitriles is 1. The van der Waals surface area contributed by atoms with Gasteiger partial charge in [0.05, 0.1) is 11.6 Å². The van der Waals surface area contributed by atoms with Crippen LogP contribution < -0.4 is 10.0 Å². The summed E-state index contributed by atoms with van der Waals surface area (Å²) in [6.07, 6.45) is 4.14. The largest absolute Gasteiger partial charge is 0.619 e. The molecular formula is C14H15N3O4. The lowest BCUT2D eigenvalue weighted by atomic mass is 9.98.